The summed E-state index contributed by atoms with van der Waals surface area (Å²) in [6.07, 6.45) is 10.4. The Hall–Kier alpha value is -1.15. The molecule has 0 radical (unpaired) electrons. The molecule has 0 aliphatic heterocycles. The van der Waals surface area contributed by atoms with Crippen molar-refractivity contribution in [2.75, 3.05) is 6.54 Å². The Labute approximate surface area is 123 Å². The van der Waals surface area contributed by atoms with Gasteiger partial charge in [-0.05, 0) is 57.7 Å². The molecule has 0 amide bonds. The van der Waals surface area contributed by atoms with Crippen LogP contribution in [-0.4, -0.2) is 11.5 Å². The highest BCUT2D eigenvalue weighted by Gasteiger charge is 2.18. The molecule has 0 bridgehead atoms. The summed E-state index contributed by atoms with van der Waals surface area (Å²) in [5.41, 5.74) is 5.19. The molecule has 20 heavy (non-hydrogen) atoms. The second-order valence-corrected chi connectivity index (χ2v) is 5.85. The molecule has 1 aromatic rings. The molecule has 2 rings (SSSR count). The Bertz CT molecular complexity index is 462. The number of hydrogen-bond donors (Lipinski definition) is 1. The van der Waals surface area contributed by atoms with Crippen molar-refractivity contribution < 1.29 is 0 Å². The zero-order chi connectivity index (χ0) is 14.4. The van der Waals surface area contributed by atoms with Gasteiger partial charge in [-0.15, -0.1) is 0 Å². The van der Waals surface area contributed by atoms with E-state index in [0.717, 1.165) is 12.2 Å². The normalized spacial score (nSPS) is 20.6. The number of aryl methyl sites for hydroxylation is 2. The second kappa shape index (κ2) is 7.58. The molecule has 0 spiro atoms. The van der Waals surface area contributed by atoms with E-state index in [1.165, 1.54) is 49.8 Å². The fraction of sp³-hybridized carbons (Fsp3) is 0.611. The lowest BCUT2D eigenvalue weighted by Gasteiger charge is -2.25. The van der Waals surface area contributed by atoms with E-state index in [9.17, 15) is 0 Å². The lowest BCUT2D eigenvalue weighted by molar-refractivity contribution is 0.551. The number of hydrogen-bond acceptors (Lipinski definition) is 2. The van der Waals surface area contributed by atoms with Crippen molar-refractivity contribution in [3.63, 3.8) is 0 Å². The summed E-state index contributed by atoms with van der Waals surface area (Å²) in [5.74, 6) is 0. The van der Waals surface area contributed by atoms with Gasteiger partial charge in [0.15, 0.2) is 0 Å². The number of rotatable bonds is 4. The van der Waals surface area contributed by atoms with Gasteiger partial charge in [-0.3, -0.25) is 4.98 Å². The van der Waals surface area contributed by atoms with Gasteiger partial charge in [0.2, 0.25) is 0 Å². The maximum atomic E-state index is 4.65. The minimum absolute atomic E-state index is 0.353. The van der Waals surface area contributed by atoms with E-state index in [1.54, 1.807) is 5.57 Å². The fourth-order valence-corrected chi connectivity index (χ4v) is 3.13. The Kier molecular flexibility index (Phi) is 5.78. The Balaban J connectivity index is 2.29. The number of allylic oxidation sites excluding steroid dienone is 1. The zero-order valence-electron chi connectivity index (χ0n) is 13.2. The minimum Gasteiger partial charge on any atom is -0.307 e. The van der Waals surface area contributed by atoms with Crippen molar-refractivity contribution in [3.8, 4) is 0 Å². The first-order valence-corrected chi connectivity index (χ1v) is 8.09. The monoisotopic (exact) mass is 272 g/mol. The Morgan fingerprint density at radius 3 is 2.70 bits per heavy atom. The van der Waals surface area contributed by atoms with Crippen LogP contribution in [0.2, 0.25) is 0 Å². The molecule has 2 nitrogen and oxygen atoms in total. The van der Waals surface area contributed by atoms with Gasteiger partial charge in [0, 0.05) is 11.4 Å². The zero-order valence-corrected chi connectivity index (χ0v) is 13.2. The summed E-state index contributed by atoms with van der Waals surface area (Å²) >= 11 is 0. The standard InChI is InChI=1S/C18H28N2/c1-4-19-18(16-10-8-6-5-7-9-11-16)17-13-12-14(2)20-15(17)3/h10,12-13,18-19H,4-9,11H2,1-3H3/b16-10+. The highest BCUT2D eigenvalue weighted by Crippen LogP contribution is 2.30. The summed E-state index contributed by atoms with van der Waals surface area (Å²) in [6.45, 7) is 7.38. The Morgan fingerprint density at radius 2 is 1.95 bits per heavy atom. The number of nitrogens with zero attached hydrogens (tertiary/aromatic N) is 1. The fourth-order valence-electron chi connectivity index (χ4n) is 3.13. The average molecular weight is 272 g/mol. The van der Waals surface area contributed by atoms with Crippen LogP contribution in [0.1, 0.15) is 68.4 Å². The molecule has 0 saturated heterocycles. The van der Waals surface area contributed by atoms with Crippen LogP contribution in [0.25, 0.3) is 0 Å². The van der Waals surface area contributed by atoms with Gasteiger partial charge >= 0.3 is 0 Å². The highest BCUT2D eigenvalue weighted by molar-refractivity contribution is 5.32. The van der Waals surface area contributed by atoms with E-state index < -0.39 is 0 Å². The van der Waals surface area contributed by atoms with Crippen LogP contribution in [0.3, 0.4) is 0 Å². The molecule has 1 aliphatic carbocycles. The van der Waals surface area contributed by atoms with E-state index >= 15 is 0 Å². The van der Waals surface area contributed by atoms with Gasteiger partial charge < -0.3 is 5.32 Å². The van der Waals surface area contributed by atoms with E-state index in [2.05, 4.69) is 49.3 Å². The van der Waals surface area contributed by atoms with Crippen molar-refractivity contribution >= 4 is 0 Å². The molecule has 1 aliphatic rings. The first kappa shape index (κ1) is 15.2. The SMILES string of the molecule is CCNC(/C1=C/CCCCCC1)c1ccc(C)nc1C. The first-order chi connectivity index (χ1) is 9.72. The van der Waals surface area contributed by atoms with Crippen LogP contribution in [0, 0.1) is 13.8 Å². The van der Waals surface area contributed by atoms with Crippen LogP contribution in [-0.2, 0) is 0 Å². The number of likely N-dealkylation sites (N-methyl/N-ethyl adjacent to an activating group) is 1. The summed E-state index contributed by atoms with van der Waals surface area (Å²) < 4.78 is 0. The molecule has 2 heteroatoms. The number of aromatic nitrogens is 1. The van der Waals surface area contributed by atoms with Gasteiger partial charge in [0.05, 0.1) is 6.04 Å². The van der Waals surface area contributed by atoms with E-state index in [1.807, 2.05) is 0 Å². The molecule has 1 heterocycles. The molecule has 1 unspecified atom stereocenters. The third-order valence-electron chi connectivity index (χ3n) is 4.18. The van der Waals surface area contributed by atoms with Gasteiger partial charge in [-0.2, -0.15) is 0 Å². The van der Waals surface area contributed by atoms with Crippen molar-refractivity contribution in [1.29, 1.82) is 0 Å². The Morgan fingerprint density at radius 1 is 1.15 bits per heavy atom. The average Bonchev–Trinajstić information content (AvgIpc) is 2.37. The van der Waals surface area contributed by atoms with Crippen LogP contribution in [0.15, 0.2) is 23.8 Å². The smallest absolute Gasteiger partial charge is 0.0553 e. The molecular formula is C18H28N2. The number of pyridine rings is 1. The van der Waals surface area contributed by atoms with Gasteiger partial charge in [-0.25, -0.2) is 0 Å². The maximum Gasteiger partial charge on any atom is 0.0553 e. The highest BCUT2D eigenvalue weighted by atomic mass is 14.9. The van der Waals surface area contributed by atoms with Gasteiger partial charge in [0.25, 0.3) is 0 Å². The third-order valence-corrected chi connectivity index (χ3v) is 4.18. The molecule has 1 aromatic heterocycles. The van der Waals surface area contributed by atoms with Crippen LogP contribution in [0.4, 0.5) is 0 Å². The van der Waals surface area contributed by atoms with E-state index in [0.29, 0.717) is 6.04 Å². The number of nitrogens with one attached hydrogen (secondary N) is 1. The van der Waals surface area contributed by atoms with E-state index in [4.69, 9.17) is 0 Å². The van der Waals surface area contributed by atoms with Crippen LogP contribution >= 0.6 is 0 Å². The topological polar surface area (TPSA) is 24.9 Å². The predicted octanol–water partition coefficient (Wildman–Crippen LogP) is 4.63. The third kappa shape index (κ3) is 3.92. The van der Waals surface area contributed by atoms with Gasteiger partial charge in [0.1, 0.15) is 0 Å². The summed E-state index contributed by atoms with van der Waals surface area (Å²) in [7, 11) is 0. The molecule has 0 fully saturated rings. The van der Waals surface area contributed by atoms with Crippen molar-refractivity contribution in [2.24, 2.45) is 0 Å². The van der Waals surface area contributed by atoms with Crippen molar-refractivity contribution in [2.45, 2.75) is 65.3 Å². The molecule has 1 N–H and O–H groups in total. The van der Waals surface area contributed by atoms with Crippen molar-refractivity contribution in [3.05, 3.63) is 40.7 Å². The van der Waals surface area contributed by atoms with Crippen LogP contribution < -0.4 is 5.32 Å². The predicted molar refractivity (Wildman–Crippen MR) is 85.9 cm³/mol. The molecule has 110 valence electrons. The quantitative estimate of drug-likeness (QED) is 0.808. The largest absolute Gasteiger partial charge is 0.307 e. The molecular weight excluding hydrogens is 244 g/mol. The molecule has 0 aromatic carbocycles. The second-order valence-electron chi connectivity index (χ2n) is 5.85. The summed E-state index contributed by atoms with van der Waals surface area (Å²) in [5, 5.41) is 3.67. The summed E-state index contributed by atoms with van der Waals surface area (Å²) in [4.78, 5) is 4.65. The van der Waals surface area contributed by atoms with Crippen molar-refractivity contribution in [1.82, 2.24) is 10.3 Å². The lowest BCUT2D eigenvalue weighted by Crippen LogP contribution is -2.24. The summed E-state index contributed by atoms with van der Waals surface area (Å²) in [6, 6.07) is 4.74. The maximum absolute atomic E-state index is 4.65. The lowest BCUT2D eigenvalue weighted by atomic mass is 9.90. The molecule has 1 atom stereocenters. The van der Waals surface area contributed by atoms with Gasteiger partial charge in [-0.1, -0.05) is 37.5 Å². The minimum atomic E-state index is 0.353. The molecule has 0 saturated carbocycles. The van der Waals surface area contributed by atoms with Crippen LogP contribution in [0.5, 0.6) is 0 Å². The first-order valence-electron chi connectivity index (χ1n) is 8.09. The van der Waals surface area contributed by atoms with E-state index in [-0.39, 0.29) is 0 Å².